The van der Waals surface area contributed by atoms with Crippen LogP contribution in [0.15, 0.2) is 11.6 Å². The fourth-order valence-electron chi connectivity index (χ4n) is 9.27. The summed E-state index contributed by atoms with van der Waals surface area (Å²) in [6, 6.07) is 0. The maximum absolute atomic E-state index is 12.1. The quantitative estimate of drug-likeness (QED) is 0.485. The SMILES string of the molecule is CC[C@@H](CC[C@H](C)[C@@H]1CC[C@@H]2[C@H]3C[C@H](O)C4=CC(=O)CC[C@@]4(C)[C@@H]3CC[C@]21C)C(C)C. The van der Waals surface area contributed by atoms with Crippen molar-refractivity contribution in [1.29, 1.82) is 0 Å². The van der Waals surface area contributed by atoms with Gasteiger partial charge in [-0.3, -0.25) is 4.79 Å². The van der Waals surface area contributed by atoms with E-state index in [9.17, 15) is 9.90 Å². The van der Waals surface area contributed by atoms with Crippen molar-refractivity contribution in [3.8, 4) is 0 Å². The van der Waals surface area contributed by atoms with Crippen LogP contribution in [0.2, 0.25) is 0 Å². The van der Waals surface area contributed by atoms with Crippen LogP contribution in [0, 0.1) is 52.3 Å². The van der Waals surface area contributed by atoms with E-state index in [0.717, 1.165) is 48.0 Å². The van der Waals surface area contributed by atoms with E-state index in [4.69, 9.17) is 0 Å². The van der Waals surface area contributed by atoms with Crippen LogP contribution in [0.25, 0.3) is 0 Å². The number of carbonyl (C=O) groups is 1. The molecule has 0 aromatic heterocycles. The Kier molecular flexibility index (Phi) is 6.54. The minimum atomic E-state index is -0.398. The van der Waals surface area contributed by atoms with E-state index in [1.165, 1.54) is 44.9 Å². The van der Waals surface area contributed by atoms with Gasteiger partial charge in [0.2, 0.25) is 0 Å². The second-order valence-electron chi connectivity index (χ2n) is 12.8. The van der Waals surface area contributed by atoms with Crippen LogP contribution in [0.5, 0.6) is 0 Å². The summed E-state index contributed by atoms with van der Waals surface area (Å²) >= 11 is 0. The van der Waals surface area contributed by atoms with Crippen molar-refractivity contribution in [3.05, 3.63) is 11.6 Å². The Hall–Kier alpha value is -0.630. The summed E-state index contributed by atoms with van der Waals surface area (Å²) in [7, 11) is 0. The van der Waals surface area contributed by atoms with Gasteiger partial charge in [-0.15, -0.1) is 0 Å². The van der Waals surface area contributed by atoms with E-state index in [-0.39, 0.29) is 11.2 Å². The van der Waals surface area contributed by atoms with E-state index < -0.39 is 6.10 Å². The Morgan fingerprint density at radius 1 is 1.06 bits per heavy atom. The molecule has 176 valence electrons. The number of ketones is 1. The highest BCUT2D eigenvalue weighted by atomic mass is 16.3. The van der Waals surface area contributed by atoms with Gasteiger partial charge in [-0.25, -0.2) is 0 Å². The third-order valence-corrected chi connectivity index (χ3v) is 11.2. The molecule has 0 amide bonds. The summed E-state index contributed by atoms with van der Waals surface area (Å²) in [4.78, 5) is 12.1. The number of aliphatic hydroxyl groups is 1. The lowest BCUT2D eigenvalue weighted by atomic mass is 9.46. The van der Waals surface area contributed by atoms with Crippen molar-refractivity contribution in [2.75, 3.05) is 0 Å². The van der Waals surface area contributed by atoms with Crippen LogP contribution in [0.4, 0.5) is 0 Å². The molecule has 0 aromatic carbocycles. The lowest BCUT2D eigenvalue weighted by molar-refractivity contribution is -0.119. The molecule has 0 unspecified atom stereocenters. The Bertz CT molecular complexity index is 708. The highest BCUT2D eigenvalue weighted by molar-refractivity contribution is 5.91. The Morgan fingerprint density at radius 3 is 2.48 bits per heavy atom. The zero-order chi connectivity index (χ0) is 22.6. The molecule has 4 aliphatic carbocycles. The zero-order valence-corrected chi connectivity index (χ0v) is 21.1. The van der Waals surface area contributed by atoms with E-state index in [1.54, 1.807) is 0 Å². The molecule has 3 saturated carbocycles. The van der Waals surface area contributed by atoms with E-state index in [2.05, 4.69) is 41.5 Å². The average Bonchev–Trinajstić information content (AvgIpc) is 3.07. The average molecular weight is 429 g/mol. The third kappa shape index (κ3) is 3.87. The maximum Gasteiger partial charge on any atom is 0.155 e. The molecule has 0 aromatic rings. The van der Waals surface area contributed by atoms with Gasteiger partial charge in [-0.2, -0.15) is 0 Å². The minimum Gasteiger partial charge on any atom is -0.389 e. The summed E-state index contributed by atoms with van der Waals surface area (Å²) < 4.78 is 0. The van der Waals surface area contributed by atoms with Crippen molar-refractivity contribution in [3.63, 3.8) is 0 Å². The lowest BCUT2D eigenvalue weighted by Gasteiger charge is -2.59. The summed E-state index contributed by atoms with van der Waals surface area (Å²) in [5, 5.41) is 11.1. The monoisotopic (exact) mass is 428 g/mol. The van der Waals surface area contributed by atoms with Crippen molar-refractivity contribution < 1.29 is 9.90 Å². The second-order valence-corrected chi connectivity index (χ2v) is 12.8. The lowest BCUT2D eigenvalue weighted by Crippen LogP contribution is -2.54. The van der Waals surface area contributed by atoms with Crippen molar-refractivity contribution in [2.45, 2.75) is 112 Å². The van der Waals surface area contributed by atoms with Gasteiger partial charge < -0.3 is 5.11 Å². The Morgan fingerprint density at radius 2 is 1.81 bits per heavy atom. The number of rotatable bonds is 6. The summed E-state index contributed by atoms with van der Waals surface area (Å²) in [5.74, 6) is 5.62. The molecule has 0 heterocycles. The number of hydrogen-bond acceptors (Lipinski definition) is 2. The van der Waals surface area contributed by atoms with Crippen LogP contribution in [-0.4, -0.2) is 17.0 Å². The molecule has 4 rings (SSSR count). The van der Waals surface area contributed by atoms with Gasteiger partial charge in [0.15, 0.2) is 5.78 Å². The third-order valence-electron chi connectivity index (χ3n) is 11.2. The topological polar surface area (TPSA) is 37.3 Å². The fraction of sp³-hybridized carbons (Fsp3) is 0.897. The zero-order valence-electron chi connectivity index (χ0n) is 21.1. The standard InChI is InChI=1S/C29H48O2/c1-7-20(18(2)3)9-8-19(4)23-10-11-24-22-17-27(31)26-16-21(30)12-14-29(26,6)25(22)13-15-28(23,24)5/h16,18-20,22-25,27,31H,7-15,17H2,1-6H3/t19-,20-,22+,23-,24+,25+,27-,28-,29-/m0/s1. The van der Waals surface area contributed by atoms with Gasteiger partial charge in [-0.1, -0.05) is 54.4 Å². The molecule has 2 nitrogen and oxygen atoms in total. The second kappa shape index (κ2) is 8.62. The number of aliphatic hydroxyl groups excluding tert-OH is 1. The Balaban J connectivity index is 1.51. The molecule has 0 bridgehead atoms. The van der Waals surface area contributed by atoms with Gasteiger partial charge in [0.25, 0.3) is 0 Å². The highest BCUT2D eigenvalue weighted by Crippen LogP contribution is 2.67. The van der Waals surface area contributed by atoms with E-state index in [1.807, 2.05) is 6.08 Å². The maximum atomic E-state index is 12.1. The first-order chi connectivity index (χ1) is 14.6. The van der Waals surface area contributed by atoms with Gasteiger partial charge >= 0.3 is 0 Å². The van der Waals surface area contributed by atoms with Crippen LogP contribution < -0.4 is 0 Å². The molecule has 4 aliphatic rings. The minimum absolute atomic E-state index is 0.0485. The molecule has 3 fully saturated rings. The first-order valence-corrected chi connectivity index (χ1v) is 13.5. The smallest absolute Gasteiger partial charge is 0.155 e. The predicted octanol–water partition coefficient (Wildman–Crippen LogP) is 7.20. The molecule has 0 aliphatic heterocycles. The summed E-state index contributed by atoms with van der Waals surface area (Å²) in [6.45, 7) is 14.7. The molecule has 0 saturated heterocycles. The first kappa shape index (κ1) is 23.5. The van der Waals surface area contributed by atoms with Crippen LogP contribution in [-0.2, 0) is 4.79 Å². The Labute approximate surface area is 191 Å². The van der Waals surface area contributed by atoms with Crippen LogP contribution in [0.3, 0.4) is 0 Å². The van der Waals surface area contributed by atoms with Gasteiger partial charge in [0.1, 0.15) is 0 Å². The van der Waals surface area contributed by atoms with Crippen molar-refractivity contribution >= 4 is 5.78 Å². The molecule has 2 heteroatoms. The first-order valence-electron chi connectivity index (χ1n) is 13.5. The normalized spacial score (nSPS) is 44.3. The highest BCUT2D eigenvalue weighted by Gasteiger charge is 2.60. The van der Waals surface area contributed by atoms with Crippen molar-refractivity contribution in [1.82, 2.24) is 0 Å². The molecule has 1 N–H and O–H groups in total. The molecular formula is C29H48O2. The van der Waals surface area contributed by atoms with E-state index >= 15 is 0 Å². The van der Waals surface area contributed by atoms with Crippen LogP contribution in [0.1, 0.15) is 106 Å². The number of carbonyl (C=O) groups excluding carboxylic acids is 1. The number of hydrogen-bond donors (Lipinski definition) is 1. The molecule has 31 heavy (non-hydrogen) atoms. The molecular weight excluding hydrogens is 380 g/mol. The van der Waals surface area contributed by atoms with Crippen molar-refractivity contribution in [2.24, 2.45) is 52.3 Å². The van der Waals surface area contributed by atoms with Crippen LogP contribution >= 0.6 is 0 Å². The van der Waals surface area contributed by atoms with Gasteiger partial charge in [0, 0.05) is 6.42 Å². The molecule has 9 atom stereocenters. The number of fused-ring (bicyclic) bond motifs is 5. The molecule has 0 spiro atoms. The van der Waals surface area contributed by atoms with E-state index in [0.29, 0.717) is 23.7 Å². The summed E-state index contributed by atoms with van der Waals surface area (Å²) in [5.41, 5.74) is 1.57. The fourth-order valence-corrected chi connectivity index (χ4v) is 9.27. The molecule has 0 radical (unpaired) electrons. The van der Waals surface area contributed by atoms with Gasteiger partial charge in [-0.05, 0) is 109 Å². The van der Waals surface area contributed by atoms with Gasteiger partial charge in [0.05, 0.1) is 6.10 Å². The predicted molar refractivity (Wildman–Crippen MR) is 129 cm³/mol. The largest absolute Gasteiger partial charge is 0.389 e. The summed E-state index contributed by atoms with van der Waals surface area (Å²) in [6.07, 6.45) is 13.4.